The van der Waals surface area contributed by atoms with Crippen molar-refractivity contribution in [2.45, 2.75) is 26.3 Å². The van der Waals surface area contributed by atoms with Crippen LogP contribution in [-0.2, 0) is 9.59 Å². The van der Waals surface area contributed by atoms with Gasteiger partial charge in [-0.25, -0.2) is 4.79 Å². The number of hydrogen-bond donors (Lipinski definition) is 2. The third kappa shape index (κ3) is 3.28. The van der Waals surface area contributed by atoms with E-state index in [1.54, 1.807) is 32.3 Å². The first kappa shape index (κ1) is 17.6. The highest BCUT2D eigenvalue weighted by molar-refractivity contribution is 6.08. The highest BCUT2D eigenvalue weighted by Gasteiger charge is 2.46. The van der Waals surface area contributed by atoms with E-state index in [1.807, 2.05) is 31.2 Å². The predicted octanol–water partition coefficient (Wildman–Crippen LogP) is 2.33. The molecular weight excluding hydrogens is 332 g/mol. The maximum absolute atomic E-state index is 12.3. The van der Waals surface area contributed by atoms with E-state index in [1.165, 1.54) is 4.90 Å². The van der Waals surface area contributed by atoms with Crippen molar-refractivity contribution in [2.75, 3.05) is 11.9 Å². The lowest BCUT2D eigenvalue weighted by Crippen LogP contribution is -2.47. The van der Waals surface area contributed by atoms with Gasteiger partial charge >= 0.3 is 6.03 Å². The number of pyridine rings is 1. The van der Waals surface area contributed by atoms with E-state index in [2.05, 4.69) is 15.6 Å². The number of hydrogen-bond acceptors (Lipinski definition) is 4. The summed E-state index contributed by atoms with van der Waals surface area (Å²) in [7, 11) is 0. The topological polar surface area (TPSA) is 91.4 Å². The minimum Gasteiger partial charge on any atom is -0.325 e. The molecule has 0 unspecified atom stereocenters. The molecule has 0 atom stereocenters. The van der Waals surface area contributed by atoms with Crippen molar-refractivity contribution in [2.24, 2.45) is 0 Å². The predicted molar refractivity (Wildman–Crippen MR) is 97.4 cm³/mol. The second-order valence-electron chi connectivity index (χ2n) is 6.72. The molecule has 7 nitrogen and oxygen atoms in total. The lowest BCUT2D eigenvalue weighted by Gasteiger charge is -2.27. The van der Waals surface area contributed by atoms with Gasteiger partial charge in [0, 0.05) is 18.1 Å². The van der Waals surface area contributed by atoms with Gasteiger partial charge in [0.15, 0.2) is 0 Å². The molecule has 1 aromatic carbocycles. The number of carbonyl (C=O) groups is 3. The average molecular weight is 352 g/mol. The van der Waals surface area contributed by atoms with Gasteiger partial charge in [0.2, 0.25) is 5.91 Å². The molecule has 134 valence electrons. The summed E-state index contributed by atoms with van der Waals surface area (Å²) in [6.07, 6.45) is 3.46. The molecule has 0 radical (unpaired) electrons. The van der Waals surface area contributed by atoms with E-state index in [4.69, 9.17) is 0 Å². The van der Waals surface area contributed by atoms with Crippen LogP contribution in [0, 0.1) is 6.92 Å². The van der Waals surface area contributed by atoms with Crippen molar-refractivity contribution in [1.29, 1.82) is 0 Å². The molecule has 4 amide bonds. The minimum absolute atomic E-state index is 0.199. The van der Waals surface area contributed by atoms with Gasteiger partial charge in [-0.05, 0) is 61.7 Å². The maximum Gasteiger partial charge on any atom is 0.325 e. The summed E-state index contributed by atoms with van der Waals surface area (Å²) in [5.41, 5.74) is 2.69. The Morgan fingerprint density at radius 3 is 2.46 bits per heavy atom. The summed E-state index contributed by atoms with van der Waals surface area (Å²) in [5.74, 6) is -0.771. The van der Waals surface area contributed by atoms with Crippen LogP contribution in [-0.4, -0.2) is 39.8 Å². The lowest BCUT2D eigenvalue weighted by atomic mass is 10.0. The zero-order valence-electron chi connectivity index (χ0n) is 14.9. The Bertz CT molecular complexity index is 878. The van der Waals surface area contributed by atoms with Crippen molar-refractivity contribution in [1.82, 2.24) is 15.2 Å². The van der Waals surface area contributed by atoms with Gasteiger partial charge in [-0.3, -0.25) is 19.9 Å². The number of aryl methyl sites for hydroxylation is 1. The number of nitrogens with zero attached hydrogens (tertiary/aromatic N) is 2. The van der Waals surface area contributed by atoms with Crippen LogP contribution < -0.4 is 10.6 Å². The summed E-state index contributed by atoms with van der Waals surface area (Å²) in [5, 5.41) is 5.00. The minimum atomic E-state index is -1.05. The highest BCUT2D eigenvalue weighted by Crippen LogP contribution is 2.26. The quantitative estimate of drug-likeness (QED) is 0.826. The molecule has 26 heavy (non-hydrogen) atoms. The number of benzene rings is 1. The Balaban J connectivity index is 1.71. The first-order valence-corrected chi connectivity index (χ1v) is 8.23. The van der Waals surface area contributed by atoms with Crippen molar-refractivity contribution in [3.63, 3.8) is 0 Å². The normalized spacial score (nSPS) is 15.7. The Morgan fingerprint density at radius 1 is 1.19 bits per heavy atom. The van der Waals surface area contributed by atoms with Crippen LogP contribution in [0.1, 0.15) is 19.4 Å². The van der Waals surface area contributed by atoms with Gasteiger partial charge in [0.1, 0.15) is 12.1 Å². The lowest BCUT2D eigenvalue weighted by molar-refractivity contribution is -0.126. The molecular formula is C19H20N4O3. The summed E-state index contributed by atoms with van der Waals surface area (Å²) < 4.78 is 0. The number of anilines is 1. The maximum atomic E-state index is 12.3. The van der Waals surface area contributed by atoms with Crippen molar-refractivity contribution >= 4 is 23.5 Å². The van der Waals surface area contributed by atoms with Crippen LogP contribution in [0.15, 0.2) is 42.7 Å². The van der Waals surface area contributed by atoms with Crippen LogP contribution >= 0.6 is 0 Å². The molecule has 2 heterocycles. The van der Waals surface area contributed by atoms with E-state index in [0.717, 1.165) is 16.7 Å². The summed E-state index contributed by atoms with van der Waals surface area (Å²) in [6, 6.07) is 8.89. The van der Waals surface area contributed by atoms with Gasteiger partial charge in [0.05, 0.1) is 0 Å². The first-order valence-electron chi connectivity index (χ1n) is 8.23. The van der Waals surface area contributed by atoms with Crippen molar-refractivity contribution in [3.8, 4) is 11.1 Å². The van der Waals surface area contributed by atoms with Crippen LogP contribution in [0.5, 0.6) is 0 Å². The average Bonchev–Trinajstić information content (AvgIpc) is 2.78. The zero-order chi connectivity index (χ0) is 18.9. The molecule has 0 saturated carbocycles. The second-order valence-corrected chi connectivity index (χ2v) is 6.72. The van der Waals surface area contributed by atoms with Crippen molar-refractivity contribution < 1.29 is 14.4 Å². The fraction of sp³-hybridized carbons (Fsp3) is 0.263. The third-order valence-electron chi connectivity index (χ3n) is 4.50. The third-order valence-corrected chi connectivity index (χ3v) is 4.50. The van der Waals surface area contributed by atoms with Gasteiger partial charge in [-0.1, -0.05) is 6.07 Å². The van der Waals surface area contributed by atoms with Crippen LogP contribution in [0.3, 0.4) is 0 Å². The molecule has 3 rings (SSSR count). The van der Waals surface area contributed by atoms with E-state index in [0.29, 0.717) is 5.69 Å². The number of rotatable bonds is 4. The Morgan fingerprint density at radius 2 is 1.88 bits per heavy atom. The SMILES string of the molecule is Cc1cc(NC(=O)CN2C(=O)NC(=O)C2(C)C)ccc1-c1ccncc1. The molecule has 0 bridgehead atoms. The Kier molecular flexibility index (Phi) is 4.46. The molecule has 1 fully saturated rings. The second kappa shape index (κ2) is 6.59. The monoisotopic (exact) mass is 352 g/mol. The van der Waals surface area contributed by atoms with E-state index in [9.17, 15) is 14.4 Å². The van der Waals surface area contributed by atoms with Gasteiger partial charge in [-0.15, -0.1) is 0 Å². The molecule has 2 aromatic rings. The van der Waals surface area contributed by atoms with E-state index in [-0.39, 0.29) is 12.5 Å². The summed E-state index contributed by atoms with van der Waals surface area (Å²) in [6.45, 7) is 4.97. The molecule has 1 saturated heterocycles. The zero-order valence-corrected chi connectivity index (χ0v) is 14.9. The molecule has 0 spiro atoms. The van der Waals surface area contributed by atoms with Gasteiger partial charge < -0.3 is 10.2 Å². The molecule has 0 aliphatic carbocycles. The standard InChI is InChI=1S/C19H20N4O3/c1-12-10-14(4-5-15(12)13-6-8-20-9-7-13)21-16(24)11-23-18(26)22-17(25)19(23,2)3/h4-10H,11H2,1-3H3,(H,21,24)(H,22,25,26). The fourth-order valence-corrected chi connectivity index (χ4v) is 2.90. The Hall–Kier alpha value is -3.22. The highest BCUT2D eigenvalue weighted by atomic mass is 16.2. The molecule has 2 N–H and O–H groups in total. The number of aromatic nitrogens is 1. The number of imide groups is 1. The number of amides is 4. The summed E-state index contributed by atoms with van der Waals surface area (Å²) >= 11 is 0. The van der Waals surface area contributed by atoms with Crippen molar-refractivity contribution in [3.05, 3.63) is 48.3 Å². The molecule has 1 aliphatic heterocycles. The molecule has 1 aliphatic rings. The largest absolute Gasteiger partial charge is 0.325 e. The first-order chi connectivity index (χ1) is 12.3. The van der Waals surface area contributed by atoms with Gasteiger partial charge in [-0.2, -0.15) is 0 Å². The van der Waals surface area contributed by atoms with Crippen LogP contribution in [0.25, 0.3) is 11.1 Å². The van der Waals surface area contributed by atoms with Gasteiger partial charge in [0.25, 0.3) is 5.91 Å². The number of carbonyl (C=O) groups excluding carboxylic acids is 3. The molecule has 1 aromatic heterocycles. The number of urea groups is 1. The van der Waals surface area contributed by atoms with E-state index >= 15 is 0 Å². The summed E-state index contributed by atoms with van der Waals surface area (Å²) in [4.78, 5) is 41.2. The fourth-order valence-electron chi connectivity index (χ4n) is 2.90. The smallest absolute Gasteiger partial charge is 0.325 e. The van der Waals surface area contributed by atoms with Crippen LogP contribution in [0.4, 0.5) is 10.5 Å². The van der Waals surface area contributed by atoms with Crippen LogP contribution in [0.2, 0.25) is 0 Å². The number of nitrogens with one attached hydrogen (secondary N) is 2. The van der Waals surface area contributed by atoms with E-state index < -0.39 is 17.5 Å². The Labute approximate surface area is 151 Å². The molecule has 7 heteroatoms.